The Morgan fingerprint density at radius 3 is 1.63 bits per heavy atom. The summed E-state index contributed by atoms with van der Waals surface area (Å²) in [5.74, 6) is 0. The highest BCUT2D eigenvalue weighted by atomic mass is 14.9. The van der Waals surface area contributed by atoms with Crippen LogP contribution in [-0.2, 0) is 13.0 Å². The van der Waals surface area contributed by atoms with Gasteiger partial charge in [0.25, 0.3) is 0 Å². The molecule has 1 nitrogen and oxygen atoms in total. The summed E-state index contributed by atoms with van der Waals surface area (Å²) in [5.41, 5.74) is 1.53. The lowest BCUT2D eigenvalue weighted by atomic mass is 10.0. The van der Waals surface area contributed by atoms with Gasteiger partial charge in [0.05, 0.1) is 0 Å². The van der Waals surface area contributed by atoms with Gasteiger partial charge < -0.3 is 0 Å². The zero-order chi connectivity index (χ0) is 19.4. The maximum atomic E-state index is 2.41. The average molecular weight is 375 g/mol. The molecule has 0 bridgehead atoms. The number of unbranched alkanes of at least 4 members (excludes halogenated alkanes) is 15. The fourth-order valence-corrected chi connectivity index (χ4v) is 3.93. The Morgan fingerprint density at radius 1 is 0.593 bits per heavy atom. The Hall–Kier alpha value is -0.850. The molecule has 0 unspecified atom stereocenters. The second-order valence-corrected chi connectivity index (χ2v) is 8.50. The van der Waals surface area contributed by atoms with Crippen molar-refractivity contribution in [2.75, 3.05) is 0 Å². The molecule has 156 valence electrons. The highest BCUT2D eigenvalue weighted by Gasteiger charge is 2.03. The number of hydrogen-bond donors (Lipinski definition) is 0. The summed E-state index contributed by atoms with van der Waals surface area (Å²) in [4.78, 5) is 0. The number of nitrogens with zero attached hydrogens (tertiary/aromatic N) is 1. The zero-order valence-electron chi connectivity index (χ0n) is 18.7. The van der Waals surface area contributed by atoms with Gasteiger partial charge in [0, 0.05) is 18.1 Å². The third-order valence-electron chi connectivity index (χ3n) is 5.76. The molecule has 0 aliphatic rings. The van der Waals surface area contributed by atoms with Crippen molar-refractivity contribution in [1.29, 1.82) is 0 Å². The van der Waals surface area contributed by atoms with E-state index in [0.717, 1.165) is 0 Å². The average Bonchev–Trinajstić information content (AvgIpc) is 2.69. The summed E-state index contributed by atoms with van der Waals surface area (Å²) in [5, 5.41) is 0. The van der Waals surface area contributed by atoms with Crippen LogP contribution in [0.25, 0.3) is 0 Å². The molecule has 27 heavy (non-hydrogen) atoms. The van der Waals surface area contributed by atoms with E-state index in [0.29, 0.717) is 0 Å². The van der Waals surface area contributed by atoms with Crippen molar-refractivity contribution in [3.8, 4) is 0 Å². The number of pyridine rings is 1. The van der Waals surface area contributed by atoms with E-state index in [-0.39, 0.29) is 0 Å². The van der Waals surface area contributed by atoms with Crippen molar-refractivity contribution in [3.05, 3.63) is 30.1 Å². The largest absolute Gasteiger partial charge is 0.205 e. The van der Waals surface area contributed by atoms with Crippen LogP contribution >= 0.6 is 0 Å². The van der Waals surface area contributed by atoms with E-state index in [4.69, 9.17) is 0 Å². The first-order valence-corrected chi connectivity index (χ1v) is 12.3. The van der Waals surface area contributed by atoms with E-state index in [1.807, 2.05) is 0 Å². The minimum atomic E-state index is 1.19. The molecule has 0 atom stereocenters. The zero-order valence-corrected chi connectivity index (χ0v) is 18.7. The van der Waals surface area contributed by atoms with Crippen molar-refractivity contribution in [3.63, 3.8) is 0 Å². The Balaban J connectivity index is 1.99. The summed E-state index contributed by atoms with van der Waals surface area (Å²) in [6, 6.07) is 4.55. The van der Waals surface area contributed by atoms with Crippen LogP contribution < -0.4 is 4.57 Å². The van der Waals surface area contributed by atoms with Crippen LogP contribution in [0.4, 0.5) is 0 Å². The number of hydrogen-bond acceptors (Lipinski definition) is 0. The van der Waals surface area contributed by atoms with E-state index in [1.54, 1.807) is 0 Å². The molecule has 1 aromatic heterocycles. The smallest absolute Gasteiger partial charge is 0.171 e. The Kier molecular flexibility index (Phi) is 16.6. The molecule has 0 N–H and O–H groups in total. The first-order chi connectivity index (χ1) is 13.4. The highest BCUT2D eigenvalue weighted by Crippen LogP contribution is 2.12. The monoisotopic (exact) mass is 374 g/mol. The van der Waals surface area contributed by atoms with Crippen molar-refractivity contribution < 1.29 is 4.57 Å². The maximum absolute atomic E-state index is 2.41. The molecule has 0 aromatic carbocycles. The molecule has 0 aliphatic carbocycles. The predicted octanol–water partition coefficient (Wildman–Crippen LogP) is 8.19. The number of aryl methyl sites for hydroxylation is 2. The van der Waals surface area contributed by atoms with E-state index in [1.165, 1.54) is 128 Å². The van der Waals surface area contributed by atoms with Crippen molar-refractivity contribution in [2.24, 2.45) is 0 Å². The molecule has 0 spiro atoms. The SMILES string of the molecule is CCCCCCCCCCCCCc1ccc[n+](CCCCCCCC)c1. The van der Waals surface area contributed by atoms with Gasteiger partial charge in [0.15, 0.2) is 12.4 Å². The van der Waals surface area contributed by atoms with Gasteiger partial charge in [-0.2, -0.15) is 0 Å². The summed E-state index contributed by atoms with van der Waals surface area (Å²) in [6.45, 7) is 5.78. The number of aromatic nitrogens is 1. The first kappa shape index (κ1) is 24.2. The minimum absolute atomic E-state index is 1.19. The Bertz CT molecular complexity index is 426. The molecule has 1 aromatic rings. The van der Waals surface area contributed by atoms with Crippen molar-refractivity contribution >= 4 is 0 Å². The summed E-state index contributed by atoms with van der Waals surface area (Å²) in [6.07, 6.45) is 29.9. The Labute approximate surface area is 171 Å². The van der Waals surface area contributed by atoms with Gasteiger partial charge in [-0.05, 0) is 25.3 Å². The standard InChI is InChI=1S/C26H48N/c1-3-5-7-9-11-12-13-14-15-16-18-21-26-22-20-24-27(25-26)23-19-17-10-8-6-4-2/h20,22,24-25H,3-19,21,23H2,1-2H3/q+1. The lowest BCUT2D eigenvalue weighted by Crippen LogP contribution is -2.33. The summed E-state index contributed by atoms with van der Waals surface area (Å²) in [7, 11) is 0. The van der Waals surface area contributed by atoms with Crippen LogP contribution in [0.15, 0.2) is 24.5 Å². The summed E-state index contributed by atoms with van der Waals surface area (Å²) >= 11 is 0. The van der Waals surface area contributed by atoms with Crippen LogP contribution in [0.3, 0.4) is 0 Å². The van der Waals surface area contributed by atoms with Gasteiger partial charge >= 0.3 is 0 Å². The minimum Gasteiger partial charge on any atom is -0.205 e. The van der Waals surface area contributed by atoms with Crippen LogP contribution in [0.1, 0.15) is 129 Å². The fourth-order valence-electron chi connectivity index (χ4n) is 3.93. The van der Waals surface area contributed by atoms with Gasteiger partial charge in [-0.1, -0.05) is 104 Å². The second-order valence-electron chi connectivity index (χ2n) is 8.50. The number of rotatable bonds is 19. The third kappa shape index (κ3) is 14.8. The fraction of sp³-hybridized carbons (Fsp3) is 0.808. The maximum Gasteiger partial charge on any atom is 0.171 e. The molecule has 0 aliphatic heterocycles. The quantitative estimate of drug-likeness (QED) is 0.170. The lowest BCUT2D eigenvalue weighted by molar-refractivity contribution is -0.697. The highest BCUT2D eigenvalue weighted by molar-refractivity contribution is 5.05. The Morgan fingerprint density at radius 2 is 1.07 bits per heavy atom. The topological polar surface area (TPSA) is 3.88 Å². The van der Waals surface area contributed by atoms with Gasteiger partial charge in [-0.15, -0.1) is 0 Å². The molecule has 0 amide bonds. The van der Waals surface area contributed by atoms with Gasteiger partial charge in [-0.25, -0.2) is 4.57 Å². The van der Waals surface area contributed by atoms with Gasteiger partial charge in [0.1, 0.15) is 6.54 Å². The van der Waals surface area contributed by atoms with Crippen molar-refractivity contribution in [2.45, 2.75) is 136 Å². The predicted molar refractivity (Wildman–Crippen MR) is 120 cm³/mol. The van der Waals surface area contributed by atoms with E-state index in [9.17, 15) is 0 Å². The molecular weight excluding hydrogens is 326 g/mol. The van der Waals surface area contributed by atoms with Crippen LogP contribution in [0.2, 0.25) is 0 Å². The van der Waals surface area contributed by atoms with Crippen molar-refractivity contribution in [1.82, 2.24) is 0 Å². The molecule has 0 fully saturated rings. The van der Waals surface area contributed by atoms with E-state index < -0.39 is 0 Å². The first-order valence-electron chi connectivity index (χ1n) is 12.3. The van der Waals surface area contributed by atoms with Crippen LogP contribution in [-0.4, -0.2) is 0 Å². The summed E-state index contributed by atoms with van der Waals surface area (Å²) < 4.78 is 2.41. The molecular formula is C26H48N+. The molecule has 0 radical (unpaired) electrons. The molecule has 1 rings (SSSR count). The van der Waals surface area contributed by atoms with Gasteiger partial charge in [0.2, 0.25) is 0 Å². The molecule has 1 heteroatoms. The molecule has 0 saturated carbocycles. The molecule has 0 saturated heterocycles. The third-order valence-corrected chi connectivity index (χ3v) is 5.76. The normalized spacial score (nSPS) is 11.2. The van der Waals surface area contributed by atoms with Crippen LogP contribution in [0.5, 0.6) is 0 Å². The second kappa shape index (κ2) is 18.5. The molecule has 1 heterocycles. The lowest BCUT2D eigenvalue weighted by Gasteiger charge is -2.04. The van der Waals surface area contributed by atoms with Crippen LogP contribution in [0, 0.1) is 0 Å². The van der Waals surface area contributed by atoms with E-state index >= 15 is 0 Å². The van der Waals surface area contributed by atoms with Gasteiger partial charge in [-0.3, -0.25) is 0 Å². The van der Waals surface area contributed by atoms with E-state index in [2.05, 4.69) is 42.9 Å².